The van der Waals surface area contributed by atoms with Crippen LogP contribution >= 0.6 is 0 Å². The van der Waals surface area contributed by atoms with Gasteiger partial charge in [0.25, 0.3) is 0 Å². The summed E-state index contributed by atoms with van der Waals surface area (Å²) >= 11 is 0. The molecule has 1 amide bonds. The molecule has 5 nitrogen and oxygen atoms in total. The number of ether oxygens (including phenoxy) is 1. The first-order valence-corrected chi connectivity index (χ1v) is 5.58. The number of aliphatic carboxylic acids is 1. The van der Waals surface area contributed by atoms with E-state index in [-0.39, 0.29) is 0 Å². The maximum atomic E-state index is 11.8. The van der Waals surface area contributed by atoms with Crippen molar-refractivity contribution < 1.29 is 19.4 Å². The third-order valence-electron chi connectivity index (χ3n) is 1.90. The largest absolute Gasteiger partial charge is 0.479 e. The first-order chi connectivity index (χ1) is 7.72. The lowest BCUT2D eigenvalue weighted by atomic mass is 10.2. The maximum Gasteiger partial charge on any atom is 0.411 e. The molecule has 0 aromatic rings. The lowest BCUT2D eigenvalue weighted by molar-refractivity contribution is -0.141. The van der Waals surface area contributed by atoms with Crippen LogP contribution in [0.25, 0.3) is 0 Å². The molecule has 0 heterocycles. The van der Waals surface area contributed by atoms with Gasteiger partial charge in [-0.2, -0.15) is 0 Å². The zero-order valence-electron chi connectivity index (χ0n) is 10.9. The van der Waals surface area contributed by atoms with Gasteiger partial charge in [0.15, 0.2) is 6.04 Å². The van der Waals surface area contributed by atoms with Gasteiger partial charge in [-0.1, -0.05) is 13.0 Å². The molecule has 0 aromatic heterocycles. The molecule has 0 saturated carbocycles. The summed E-state index contributed by atoms with van der Waals surface area (Å²) in [4.78, 5) is 24.0. The Morgan fingerprint density at radius 2 is 2.00 bits per heavy atom. The number of carboxylic acid groups (broad SMARTS) is 1. The van der Waals surface area contributed by atoms with E-state index >= 15 is 0 Å². The minimum Gasteiger partial charge on any atom is -0.479 e. The Morgan fingerprint density at radius 1 is 1.47 bits per heavy atom. The van der Waals surface area contributed by atoms with E-state index in [1.165, 1.54) is 11.0 Å². The fourth-order valence-electron chi connectivity index (χ4n) is 1.27. The standard InChI is InChI=1S/C12H21NO4/c1-6-8-13(9(7-2)10(14)15)11(16)17-12(3,4)5/h7,9H,2,6,8H2,1,3-5H3,(H,14,15)/t9-/m0/s1. The summed E-state index contributed by atoms with van der Waals surface area (Å²) in [5.74, 6) is -1.11. The Morgan fingerprint density at radius 3 is 2.29 bits per heavy atom. The number of carbonyl (C=O) groups is 2. The SMILES string of the molecule is C=C[C@@H](C(=O)O)N(CCC)C(=O)OC(C)(C)C. The van der Waals surface area contributed by atoms with Crippen molar-refractivity contribution in [3.05, 3.63) is 12.7 Å². The highest BCUT2D eigenvalue weighted by molar-refractivity contribution is 5.81. The van der Waals surface area contributed by atoms with E-state index in [1.807, 2.05) is 6.92 Å². The molecule has 0 unspecified atom stereocenters. The topological polar surface area (TPSA) is 66.8 Å². The molecule has 0 aromatic carbocycles. The minimum atomic E-state index is -1.11. The summed E-state index contributed by atoms with van der Waals surface area (Å²) in [5.41, 5.74) is -0.646. The number of hydrogen-bond donors (Lipinski definition) is 1. The summed E-state index contributed by atoms with van der Waals surface area (Å²) < 4.78 is 5.16. The highest BCUT2D eigenvalue weighted by Gasteiger charge is 2.30. The number of hydrogen-bond acceptors (Lipinski definition) is 3. The molecular formula is C12H21NO4. The minimum absolute atomic E-state index is 0.317. The Hall–Kier alpha value is -1.52. The Balaban J connectivity index is 4.89. The van der Waals surface area contributed by atoms with Crippen molar-refractivity contribution in [2.75, 3.05) is 6.54 Å². The second-order valence-corrected chi connectivity index (χ2v) is 4.69. The lowest BCUT2D eigenvalue weighted by Gasteiger charge is -2.29. The molecule has 1 N–H and O–H groups in total. The van der Waals surface area contributed by atoms with Crippen LogP contribution in [0.4, 0.5) is 4.79 Å². The van der Waals surface area contributed by atoms with Crippen molar-refractivity contribution >= 4 is 12.1 Å². The van der Waals surface area contributed by atoms with Gasteiger partial charge in [0.1, 0.15) is 5.60 Å². The molecular weight excluding hydrogens is 222 g/mol. The fourth-order valence-corrected chi connectivity index (χ4v) is 1.27. The summed E-state index contributed by atoms with van der Waals surface area (Å²) in [6.45, 7) is 10.8. The van der Waals surface area contributed by atoms with Crippen molar-refractivity contribution in [1.29, 1.82) is 0 Å². The van der Waals surface area contributed by atoms with E-state index in [2.05, 4.69) is 6.58 Å². The first-order valence-electron chi connectivity index (χ1n) is 5.58. The number of carbonyl (C=O) groups excluding carboxylic acids is 1. The van der Waals surface area contributed by atoms with Gasteiger partial charge in [-0.15, -0.1) is 6.58 Å². The van der Waals surface area contributed by atoms with Crippen molar-refractivity contribution in [1.82, 2.24) is 4.90 Å². The smallest absolute Gasteiger partial charge is 0.411 e. The van der Waals surface area contributed by atoms with Crippen LogP contribution in [0, 0.1) is 0 Å². The van der Waals surface area contributed by atoms with Gasteiger partial charge in [-0.3, -0.25) is 4.90 Å². The second-order valence-electron chi connectivity index (χ2n) is 4.69. The van der Waals surface area contributed by atoms with Crippen LogP contribution in [-0.2, 0) is 9.53 Å². The van der Waals surface area contributed by atoms with Gasteiger partial charge in [-0.05, 0) is 27.2 Å². The normalized spacial score (nSPS) is 12.7. The van der Waals surface area contributed by atoms with Crippen LogP contribution in [0.2, 0.25) is 0 Å². The molecule has 0 rings (SSSR count). The molecule has 0 aliphatic carbocycles. The van der Waals surface area contributed by atoms with Crippen LogP contribution in [-0.4, -0.2) is 40.3 Å². The zero-order chi connectivity index (χ0) is 13.6. The maximum absolute atomic E-state index is 11.8. The van der Waals surface area contributed by atoms with E-state index in [9.17, 15) is 9.59 Å². The van der Waals surface area contributed by atoms with E-state index < -0.39 is 23.7 Å². The summed E-state index contributed by atoms with van der Waals surface area (Å²) in [5, 5.41) is 9.00. The number of carboxylic acids is 1. The Labute approximate surface area is 102 Å². The quantitative estimate of drug-likeness (QED) is 0.752. The summed E-state index contributed by atoms with van der Waals surface area (Å²) in [6, 6.07) is -1.05. The first kappa shape index (κ1) is 15.5. The van der Waals surface area contributed by atoms with Crippen molar-refractivity contribution in [2.45, 2.75) is 45.8 Å². The molecule has 98 valence electrons. The predicted octanol–water partition coefficient (Wildman–Crippen LogP) is 2.27. The van der Waals surface area contributed by atoms with Crippen molar-refractivity contribution in [3.8, 4) is 0 Å². The lowest BCUT2D eigenvalue weighted by Crippen LogP contribution is -2.46. The fraction of sp³-hybridized carbons (Fsp3) is 0.667. The van der Waals surface area contributed by atoms with Crippen LogP contribution in [0.1, 0.15) is 34.1 Å². The van der Waals surface area contributed by atoms with Crippen LogP contribution in [0.3, 0.4) is 0 Å². The third kappa shape index (κ3) is 5.38. The molecule has 1 atom stereocenters. The molecule has 0 saturated heterocycles. The van der Waals surface area contributed by atoms with Gasteiger partial charge in [0.2, 0.25) is 0 Å². The van der Waals surface area contributed by atoms with E-state index in [1.54, 1.807) is 20.8 Å². The number of amides is 1. The molecule has 0 bridgehead atoms. The molecule has 0 aliphatic rings. The highest BCUT2D eigenvalue weighted by atomic mass is 16.6. The average molecular weight is 243 g/mol. The molecule has 17 heavy (non-hydrogen) atoms. The van der Waals surface area contributed by atoms with Gasteiger partial charge in [0.05, 0.1) is 0 Å². The number of rotatable bonds is 5. The predicted molar refractivity (Wildman–Crippen MR) is 64.9 cm³/mol. The molecule has 0 aliphatic heterocycles. The zero-order valence-corrected chi connectivity index (χ0v) is 10.9. The molecule has 0 fully saturated rings. The number of nitrogens with zero attached hydrogens (tertiary/aromatic N) is 1. The summed E-state index contributed by atoms with van der Waals surface area (Å²) in [7, 11) is 0. The van der Waals surface area contributed by atoms with E-state index in [4.69, 9.17) is 9.84 Å². The Bertz CT molecular complexity index is 293. The van der Waals surface area contributed by atoms with Crippen LogP contribution in [0.15, 0.2) is 12.7 Å². The van der Waals surface area contributed by atoms with Gasteiger partial charge in [0, 0.05) is 6.54 Å². The molecule has 0 spiro atoms. The van der Waals surface area contributed by atoms with E-state index in [0.717, 1.165) is 0 Å². The Kier molecular flexibility index (Phi) is 5.71. The van der Waals surface area contributed by atoms with Gasteiger partial charge < -0.3 is 9.84 Å². The van der Waals surface area contributed by atoms with Gasteiger partial charge in [-0.25, -0.2) is 9.59 Å². The van der Waals surface area contributed by atoms with Crippen molar-refractivity contribution in [2.24, 2.45) is 0 Å². The van der Waals surface area contributed by atoms with Crippen molar-refractivity contribution in [3.63, 3.8) is 0 Å². The van der Waals surface area contributed by atoms with E-state index in [0.29, 0.717) is 13.0 Å². The molecule has 0 radical (unpaired) electrons. The van der Waals surface area contributed by atoms with Crippen LogP contribution < -0.4 is 0 Å². The highest BCUT2D eigenvalue weighted by Crippen LogP contribution is 2.13. The molecule has 5 heteroatoms. The van der Waals surface area contributed by atoms with Gasteiger partial charge >= 0.3 is 12.1 Å². The third-order valence-corrected chi connectivity index (χ3v) is 1.90. The average Bonchev–Trinajstić information content (AvgIpc) is 2.14. The monoisotopic (exact) mass is 243 g/mol. The second kappa shape index (κ2) is 6.27. The van der Waals surface area contributed by atoms with Crippen LogP contribution in [0.5, 0.6) is 0 Å². The summed E-state index contributed by atoms with van der Waals surface area (Å²) in [6.07, 6.45) is 1.24.